The zero-order valence-corrected chi connectivity index (χ0v) is 13.7. The molecule has 1 saturated heterocycles. The van der Waals surface area contributed by atoms with Crippen molar-refractivity contribution in [3.63, 3.8) is 0 Å². The number of amides is 2. The second-order valence-electron chi connectivity index (χ2n) is 6.72. The molecule has 1 aliphatic heterocycles. The first kappa shape index (κ1) is 16.3. The van der Waals surface area contributed by atoms with E-state index >= 15 is 0 Å². The number of rotatable bonds is 3. The first-order valence-electron chi connectivity index (χ1n) is 8.21. The summed E-state index contributed by atoms with van der Waals surface area (Å²) < 4.78 is 0. The molecule has 0 bridgehead atoms. The van der Waals surface area contributed by atoms with Crippen molar-refractivity contribution < 1.29 is 9.59 Å². The molecule has 0 N–H and O–H groups in total. The van der Waals surface area contributed by atoms with Crippen molar-refractivity contribution in [3.05, 3.63) is 0 Å². The summed E-state index contributed by atoms with van der Waals surface area (Å²) in [5.74, 6) is 1.15. The van der Waals surface area contributed by atoms with E-state index in [1.165, 1.54) is 25.7 Å². The maximum Gasteiger partial charge on any atom is 0.236 e. The number of nitrogens with zero attached hydrogens (tertiary/aromatic N) is 3. The van der Waals surface area contributed by atoms with Gasteiger partial charge < -0.3 is 9.80 Å². The number of carbonyl (C=O) groups is 2. The van der Waals surface area contributed by atoms with Gasteiger partial charge in [0.05, 0.1) is 6.54 Å². The minimum Gasteiger partial charge on any atom is -0.339 e. The molecule has 21 heavy (non-hydrogen) atoms. The minimum atomic E-state index is 0.107. The lowest BCUT2D eigenvalue weighted by Crippen LogP contribution is -2.52. The van der Waals surface area contributed by atoms with Crippen molar-refractivity contribution in [1.29, 1.82) is 0 Å². The Kier molecular flexibility index (Phi) is 5.62. The van der Waals surface area contributed by atoms with Crippen LogP contribution < -0.4 is 0 Å². The van der Waals surface area contributed by atoms with Crippen LogP contribution in [0.3, 0.4) is 0 Å². The van der Waals surface area contributed by atoms with Gasteiger partial charge in [0, 0.05) is 39.1 Å². The van der Waals surface area contributed by atoms with Gasteiger partial charge in [-0.2, -0.15) is 0 Å². The van der Waals surface area contributed by atoms with Crippen LogP contribution in [-0.2, 0) is 9.59 Å². The molecule has 0 spiro atoms. The minimum absolute atomic E-state index is 0.107. The molecule has 2 amide bonds. The van der Waals surface area contributed by atoms with Gasteiger partial charge >= 0.3 is 0 Å². The van der Waals surface area contributed by atoms with Crippen LogP contribution in [0.25, 0.3) is 0 Å². The van der Waals surface area contributed by atoms with E-state index in [1.54, 1.807) is 6.92 Å². The molecule has 0 aromatic rings. The van der Waals surface area contributed by atoms with E-state index < -0.39 is 0 Å². The molecule has 5 heteroatoms. The highest BCUT2D eigenvalue weighted by Crippen LogP contribution is 2.26. The Labute approximate surface area is 128 Å². The molecule has 120 valence electrons. The van der Waals surface area contributed by atoms with Crippen molar-refractivity contribution >= 4 is 11.8 Å². The molecule has 0 radical (unpaired) electrons. The fraction of sp³-hybridized carbons (Fsp3) is 0.875. The highest BCUT2D eigenvalue weighted by Gasteiger charge is 2.26. The summed E-state index contributed by atoms with van der Waals surface area (Å²) in [6, 6.07) is 0.559. The van der Waals surface area contributed by atoms with Crippen LogP contribution in [0.1, 0.15) is 39.5 Å². The fourth-order valence-corrected chi connectivity index (χ4v) is 3.40. The van der Waals surface area contributed by atoms with Crippen LogP contribution in [0.5, 0.6) is 0 Å². The van der Waals surface area contributed by atoms with E-state index in [9.17, 15) is 9.59 Å². The normalized spacial score (nSPS) is 27.0. The van der Waals surface area contributed by atoms with Crippen molar-refractivity contribution in [3.8, 4) is 0 Å². The van der Waals surface area contributed by atoms with Gasteiger partial charge in [0.2, 0.25) is 11.8 Å². The second kappa shape index (κ2) is 7.25. The van der Waals surface area contributed by atoms with Crippen LogP contribution in [-0.4, -0.2) is 72.3 Å². The SMILES string of the molecule is CC(=O)N1CCN(C(=O)CN(C)C2CCC(C)CC2)CC1. The highest BCUT2D eigenvalue weighted by molar-refractivity contribution is 5.79. The third-order valence-corrected chi connectivity index (χ3v) is 5.07. The summed E-state index contributed by atoms with van der Waals surface area (Å²) in [5.41, 5.74) is 0. The standard InChI is InChI=1S/C16H29N3O2/c1-13-4-6-15(7-5-13)17(3)12-16(21)19-10-8-18(9-11-19)14(2)20/h13,15H,4-12H2,1-3H3. The van der Waals surface area contributed by atoms with Crippen LogP contribution in [0.2, 0.25) is 0 Å². The monoisotopic (exact) mass is 295 g/mol. The van der Waals surface area contributed by atoms with E-state index in [4.69, 9.17) is 0 Å². The molecule has 1 saturated carbocycles. The first-order valence-corrected chi connectivity index (χ1v) is 8.21. The maximum absolute atomic E-state index is 12.4. The van der Waals surface area contributed by atoms with Gasteiger partial charge in [-0.3, -0.25) is 14.5 Å². The van der Waals surface area contributed by atoms with Crippen LogP contribution in [0.15, 0.2) is 0 Å². The molecule has 1 heterocycles. The Balaban J connectivity index is 1.75. The van der Waals surface area contributed by atoms with Gasteiger partial charge in [-0.1, -0.05) is 6.92 Å². The van der Waals surface area contributed by atoms with Crippen molar-refractivity contribution in [2.24, 2.45) is 5.92 Å². The Morgan fingerprint density at radius 3 is 2.05 bits per heavy atom. The second-order valence-corrected chi connectivity index (χ2v) is 6.72. The van der Waals surface area contributed by atoms with E-state index in [-0.39, 0.29) is 11.8 Å². The largest absolute Gasteiger partial charge is 0.339 e. The lowest BCUT2D eigenvalue weighted by Gasteiger charge is -2.37. The van der Waals surface area contributed by atoms with Gasteiger partial charge in [-0.15, -0.1) is 0 Å². The smallest absolute Gasteiger partial charge is 0.236 e. The topological polar surface area (TPSA) is 43.9 Å². The third kappa shape index (κ3) is 4.43. The van der Waals surface area contributed by atoms with Crippen LogP contribution >= 0.6 is 0 Å². The molecule has 5 nitrogen and oxygen atoms in total. The molecule has 2 aliphatic rings. The fourth-order valence-electron chi connectivity index (χ4n) is 3.40. The summed E-state index contributed by atoms with van der Waals surface area (Å²) in [6.07, 6.45) is 4.98. The van der Waals surface area contributed by atoms with Crippen LogP contribution in [0.4, 0.5) is 0 Å². The summed E-state index contributed by atoms with van der Waals surface area (Å²) in [6.45, 7) is 7.11. The van der Waals surface area contributed by atoms with Crippen molar-refractivity contribution in [1.82, 2.24) is 14.7 Å². The maximum atomic E-state index is 12.4. The Hall–Kier alpha value is -1.10. The lowest BCUT2D eigenvalue weighted by molar-refractivity contribution is -0.139. The average molecular weight is 295 g/mol. The molecule has 2 fully saturated rings. The van der Waals surface area contributed by atoms with Crippen molar-refractivity contribution in [2.75, 3.05) is 39.8 Å². The molecule has 0 aromatic heterocycles. The predicted octanol–water partition coefficient (Wildman–Crippen LogP) is 1.19. The Morgan fingerprint density at radius 2 is 1.52 bits per heavy atom. The summed E-state index contributed by atoms with van der Waals surface area (Å²) in [5, 5.41) is 0. The predicted molar refractivity (Wildman–Crippen MR) is 82.9 cm³/mol. The van der Waals surface area contributed by atoms with E-state index in [1.807, 2.05) is 9.80 Å². The summed E-state index contributed by atoms with van der Waals surface area (Å²) in [4.78, 5) is 29.6. The number of hydrogen-bond acceptors (Lipinski definition) is 3. The third-order valence-electron chi connectivity index (χ3n) is 5.07. The average Bonchev–Trinajstić information content (AvgIpc) is 2.47. The highest BCUT2D eigenvalue weighted by atomic mass is 16.2. The van der Waals surface area contributed by atoms with Gasteiger partial charge in [0.25, 0.3) is 0 Å². The molecular formula is C16H29N3O2. The van der Waals surface area contributed by atoms with Crippen LogP contribution in [0, 0.1) is 5.92 Å². The van der Waals surface area contributed by atoms with Gasteiger partial charge in [-0.25, -0.2) is 0 Å². The number of piperazine rings is 1. The molecule has 0 atom stereocenters. The molecule has 1 aliphatic carbocycles. The zero-order chi connectivity index (χ0) is 15.4. The summed E-state index contributed by atoms with van der Waals surface area (Å²) in [7, 11) is 2.07. The Morgan fingerprint density at radius 1 is 1.00 bits per heavy atom. The molecule has 0 unspecified atom stereocenters. The molecule has 0 aromatic carbocycles. The molecule has 2 rings (SSSR count). The van der Waals surface area contributed by atoms with E-state index in [0.29, 0.717) is 38.8 Å². The Bertz CT molecular complexity index is 370. The number of hydrogen-bond donors (Lipinski definition) is 0. The first-order chi connectivity index (χ1) is 9.97. The van der Waals surface area contributed by atoms with E-state index in [2.05, 4.69) is 18.9 Å². The van der Waals surface area contributed by atoms with E-state index in [0.717, 1.165) is 5.92 Å². The van der Waals surface area contributed by atoms with Gasteiger partial charge in [0.15, 0.2) is 0 Å². The molecular weight excluding hydrogens is 266 g/mol. The van der Waals surface area contributed by atoms with Gasteiger partial charge in [0.1, 0.15) is 0 Å². The van der Waals surface area contributed by atoms with Gasteiger partial charge in [-0.05, 0) is 38.6 Å². The van der Waals surface area contributed by atoms with Crippen molar-refractivity contribution in [2.45, 2.75) is 45.6 Å². The number of carbonyl (C=O) groups excluding carboxylic acids is 2. The zero-order valence-electron chi connectivity index (χ0n) is 13.7. The lowest BCUT2D eigenvalue weighted by atomic mass is 9.87. The number of likely N-dealkylation sites (N-methyl/N-ethyl adjacent to an activating group) is 1. The summed E-state index contributed by atoms with van der Waals surface area (Å²) >= 11 is 0. The quantitative estimate of drug-likeness (QED) is 0.785.